The van der Waals surface area contributed by atoms with E-state index in [4.69, 9.17) is 11.1 Å². The van der Waals surface area contributed by atoms with Crippen LogP contribution in [-0.2, 0) is 4.79 Å². The molecule has 0 heterocycles. The van der Waals surface area contributed by atoms with E-state index in [-0.39, 0.29) is 0 Å². The SMILES string of the molecule is C=C(C)C=O.N=NC=NN.N=NC=NN. The normalized spacial score (nSPS) is 8.07. The summed E-state index contributed by atoms with van der Waals surface area (Å²) in [6.07, 6.45) is 2.61. The molecule has 0 saturated carbocycles. The van der Waals surface area contributed by atoms with Crippen LogP contribution in [0.2, 0.25) is 0 Å². The van der Waals surface area contributed by atoms with Gasteiger partial charge in [-0.15, -0.1) is 10.2 Å². The summed E-state index contributed by atoms with van der Waals surface area (Å²) in [6.45, 7) is 4.97. The fourth-order valence-electron chi connectivity index (χ4n) is 0.0667. The Balaban J connectivity index is -0.000000144. The maximum Gasteiger partial charge on any atom is 0.156 e. The second-order valence-corrected chi connectivity index (χ2v) is 1.75. The maximum atomic E-state index is 9.41. The first-order valence-corrected chi connectivity index (χ1v) is 3.37. The van der Waals surface area contributed by atoms with Gasteiger partial charge in [-0.2, -0.15) is 10.2 Å². The Hall–Kier alpha value is -2.45. The van der Waals surface area contributed by atoms with Gasteiger partial charge >= 0.3 is 0 Å². The average Bonchev–Trinajstić information content (AvgIpc) is 2.22. The van der Waals surface area contributed by atoms with Crippen LogP contribution in [0.25, 0.3) is 0 Å². The van der Waals surface area contributed by atoms with Crippen molar-refractivity contribution < 1.29 is 4.79 Å². The number of carbonyl (C=O) groups is 1. The highest BCUT2D eigenvalue weighted by Gasteiger charge is 1.66. The third-order valence-corrected chi connectivity index (χ3v) is 0.450. The average molecular weight is 214 g/mol. The molecule has 0 atom stereocenters. The second-order valence-electron chi connectivity index (χ2n) is 1.75. The molecule has 0 aliphatic heterocycles. The predicted octanol–water partition coefficient (Wildman–Crippen LogP) is 0.600. The van der Waals surface area contributed by atoms with Gasteiger partial charge < -0.3 is 11.7 Å². The molecule has 0 radical (unpaired) electrons. The number of nitrogens with one attached hydrogen (secondary N) is 2. The summed E-state index contributed by atoms with van der Waals surface area (Å²) in [7, 11) is 0. The van der Waals surface area contributed by atoms with Gasteiger partial charge in [0.05, 0.1) is 0 Å². The van der Waals surface area contributed by atoms with Crippen LogP contribution >= 0.6 is 0 Å². The first kappa shape index (κ1) is 18.4. The molecule has 0 aromatic rings. The van der Waals surface area contributed by atoms with E-state index >= 15 is 0 Å². The Kier molecular flexibility index (Phi) is 27.6. The molecule has 0 aliphatic carbocycles. The third-order valence-electron chi connectivity index (χ3n) is 0.450. The molecule has 0 fully saturated rings. The number of hydrazone groups is 2. The summed E-state index contributed by atoms with van der Waals surface area (Å²) in [5, 5.41) is 11.1. The topological polar surface area (TPSA) is 166 Å². The quantitative estimate of drug-likeness (QED) is 0.103. The van der Waals surface area contributed by atoms with Crippen molar-refractivity contribution in [3.05, 3.63) is 12.2 Å². The molecule has 6 N–H and O–H groups in total. The molecule has 0 amide bonds. The first-order chi connectivity index (χ1) is 7.10. The van der Waals surface area contributed by atoms with Gasteiger partial charge in [0.25, 0.3) is 0 Å². The second kappa shape index (κ2) is 22.6. The van der Waals surface area contributed by atoms with Gasteiger partial charge in [0.15, 0.2) is 12.7 Å². The number of nitrogens with zero attached hydrogens (tertiary/aromatic N) is 4. The summed E-state index contributed by atoms with van der Waals surface area (Å²) in [6, 6.07) is 0. The Morgan fingerprint density at radius 1 is 1.20 bits per heavy atom. The van der Waals surface area contributed by atoms with E-state index in [9.17, 15) is 4.79 Å². The summed E-state index contributed by atoms with van der Waals surface area (Å²) in [5.41, 5.74) is 12.6. The monoisotopic (exact) mass is 214 g/mol. The van der Waals surface area contributed by atoms with Gasteiger partial charge in [0.1, 0.15) is 6.29 Å². The summed E-state index contributed by atoms with van der Waals surface area (Å²) in [4.78, 5) is 9.41. The molecule has 0 spiro atoms. The van der Waals surface area contributed by atoms with Crippen LogP contribution in [0.5, 0.6) is 0 Å². The zero-order valence-corrected chi connectivity index (χ0v) is 8.29. The largest absolute Gasteiger partial charge is 0.322 e. The Morgan fingerprint density at radius 3 is 1.47 bits per heavy atom. The highest BCUT2D eigenvalue weighted by molar-refractivity contribution is 5.70. The lowest BCUT2D eigenvalue weighted by molar-refractivity contribution is -0.104. The predicted molar refractivity (Wildman–Crippen MR) is 56.5 cm³/mol. The molecule has 0 aliphatic rings. The van der Waals surface area contributed by atoms with Crippen molar-refractivity contribution in [3.63, 3.8) is 0 Å². The molecule has 0 aromatic carbocycles. The fraction of sp³-hybridized carbons (Fsp3) is 0.167. The van der Waals surface area contributed by atoms with Crippen molar-refractivity contribution >= 4 is 19.0 Å². The zero-order chi connectivity index (χ0) is 12.5. The smallest absolute Gasteiger partial charge is 0.156 e. The van der Waals surface area contributed by atoms with Gasteiger partial charge in [-0.3, -0.25) is 4.79 Å². The molecular weight excluding hydrogens is 200 g/mol. The van der Waals surface area contributed by atoms with Gasteiger partial charge in [-0.25, -0.2) is 11.1 Å². The number of allylic oxidation sites excluding steroid dienone is 1. The molecule has 0 aromatic heterocycles. The standard InChI is InChI=1S/C4H6O.2CH4N4/c1-4(2)3-5;2*2-4-1-5-3/h3H,1H2,2H3;2*1-2H,3H2. The lowest BCUT2D eigenvalue weighted by atomic mass is 10.4. The lowest BCUT2D eigenvalue weighted by Crippen LogP contribution is -1.75. The van der Waals surface area contributed by atoms with E-state index in [1.165, 1.54) is 0 Å². The van der Waals surface area contributed by atoms with E-state index < -0.39 is 0 Å². The van der Waals surface area contributed by atoms with Gasteiger partial charge in [-0.05, 0) is 12.5 Å². The van der Waals surface area contributed by atoms with Crippen molar-refractivity contribution in [2.24, 2.45) is 32.1 Å². The number of hydrogen-bond acceptors (Lipinski definition) is 7. The van der Waals surface area contributed by atoms with Crippen molar-refractivity contribution in [1.82, 2.24) is 0 Å². The van der Waals surface area contributed by atoms with Crippen LogP contribution in [0.4, 0.5) is 0 Å². The molecule has 0 saturated heterocycles. The summed E-state index contributed by atoms with van der Waals surface area (Å²) >= 11 is 0. The molecule has 9 nitrogen and oxygen atoms in total. The lowest BCUT2D eigenvalue weighted by Gasteiger charge is -1.65. The Labute approximate surface area is 86.9 Å². The minimum Gasteiger partial charge on any atom is -0.322 e. The van der Waals surface area contributed by atoms with Crippen molar-refractivity contribution in [3.8, 4) is 0 Å². The van der Waals surface area contributed by atoms with Gasteiger partial charge in [-0.1, -0.05) is 6.58 Å². The van der Waals surface area contributed by atoms with Crippen molar-refractivity contribution in [2.45, 2.75) is 6.92 Å². The zero-order valence-electron chi connectivity index (χ0n) is 8.29. The van der Waals surface area contributed by atoms with E-state index in [0.29, 0.717) is 5.57 Å². The number of aldehydes is 1. The number of hydrogen-bond donors (Lipinski definition) is 4. The third kappa shape index (κ3) is 83.6. The number of nitrogens with two attached hydrogens (primary N) is 2. The van der Waals surface area contributed by atoms with Gasteiger partial charge in [0, 0.05) is 0 Å². The van der Waals surface area contributed by atoms with Crippen LogP contribution in [0.3, 0.4) is 0 Å². The van der Waals surface area contributed by atoms with E-state index in [0.717, 1.165) is 19.0 Å². The molecule has 0 bridgehead atoms. The van der Waals surface area contributed by atoms with E-state index in [1.807, 2.05) is 0 Å². The Morgan fingerprint density at radius 2 is 1.47 bits per heavy atom. The van der Waals surface area contributed by atoms with Gasteiger partial charge in [0.2, 0.25) is 0 Å². The van der Waals surface area contributed by atoms with Crippen LogP contribution in [0.15, 0.2) is 32.6 Å². The Bertz CT molecular complexity index is 217. The van der Waals surface area contributed by atoms with Crippen LogP contribution in [-0.4, -0.2) is 19.0 Å². The van der Waals surface area contributed by atoms with Crippen LogP contribution in [0.1, 0.15) is 6.92 Å². The number of carbonyl (C=O) groups excluding carboxylic acids is 1. The minimum atomic E-state index is 0.574. The first-order valence-electron chi connectivity index (χ1n) is 3.37. The molecule has 15 heavy (non-hydrogen) atoms. The van der Waals surface area contributed by atoms with Crippen LogP contribution in [0, 0.1) is 11.1 Å². The van der Waals surface area contributed by atoms with E-state index in [2.05, 4.69) is 38.7 Å². The maximum absolute atomic E-state index is 9.41. The summed E-state index contributed by atoms with van der Waals surface area (Å²) in [5.74, 6) is 8.99. The molecule has 9 heteroatoms. The highest BCUT2D eigenvalue weighted by atomic mass is 16.1. The van der Waals surface area contributed by atoms with Crippen LogP contribution < -0.4 is 11.7 Å². The number of rotatable bonds is 3. The molecular formula is C6H14N8O. The highest BCUT2D eigenvalue weighted by Crippen LogP contribution is 1.70. The van der Waals surface area contributed by atoms with Crippen molar-refractivity contribution in [1.29, 1.82) is 11.1 Å². The molecule has 0 rings (SSSR count). The van der Waals surface area contributed by atoms with Crippen molar-refractivity contribution in [2.75, 3.05) is 0 Å². The molecule has 84 valence electrons. The fourth-order valence-corrected chi connectivity index (χ4v) is 0.0667. The van der Waals surface area contributed by atoms with E-state index in [1.54, 1.807) is 6.92 Å². The molecule has 0 unspecified atom stereocenters. The minimum absolute atomic E-state index is 0.574. The summed E-state index contributed by atoms with van der Waals surface area (Å²) < 4.78 is 0.